The van der Waals surface area contributed by atoms with Crippen LogP contribution in [0.2, 0.25) is 5.02 Å². The number of sulfone groups is 1. The lowest BCUT2D eigenvalue weighted by Gasteiger charge is -2.46. The minimum absolute atomic E-state index is 0.00360. The van der Waals surface area contributed by atoms with Crippen molar-refractivity contribution in [3.8, 4) is 0 Å². The Morgan fingerprint density at radius 1 is 1.02 bits per heavy atom. The van der Waals surface area contributed by atoms with Crippen molar-refractivity contribution in [1.82, 2.24) is 9.97 Å². The summed E-state index contributed by atoms with van der Waals surface area (Å²) < 4.78 is 54.3. The van der Waals surface area contributed by atoms with Gasteiger partial charge in [-0.15, -0.1) is 0 Å². The van der Waals surface area contributed by atoms with Crippen LogP contribution in [0.4, 0.5) is 14.5 Å². The van der Waals surface area contributed by atoms with Gasteiger partial charge in [0.2, 0.25) is 0 Å². The molecule has 2 saturated carbocycles. The SMILES string of the molecule is O=C(Nc1ccc(F)c(F)c1)c1ccc(Cl)c(S(=O)(=O)[C@@H]2CC3CC[C@@H](C2)[C@@]3(O)C(O)C(O)c2ncccn2)c1. The summed E-state index contributed by atoms with van der Waals surface area (Å²) in [6.45, 7) is 0. The Morgan fingerprint density at radius 2 is 1.68 bits per heavy atom. The number of halogens is 3. The van der Waals surface area contributed by atoms with Crippen LogP contribution in [0.15, 0.2) is 59.8 Å². The monoisotopic (exact) mass is 593 g/mol. The Hall–Kier alpha value is -3.03. The van der Waals surface area contributed by atoms with Gasteiger partial charge in [-0.25, -0.2) is 27.2 Å². The van der Waals surface area contributed by atoms with Gasteiger partial charge in [0, 0.05) is 29.7 Å². The van der Waals surface area contributed by atoms with Gasteiger partial charge < -0.3 is 20.6 Å². The zero-order valence-electron chi connectivity index (χ0n) is 20.9. The third-order valence-corrected chi connectivity index (χ3v) is 10.7. The van der Waals surface area contributed by atoms with E-state index in [2.05, 4.69) is 15.3 Å². The topological polar surface area (TPSA) is 150 Å². The van der Waals surface area contributed by atoms with Crippen molar-refractivity contribution >= 4 is 33.0 Å². The zero-order chi connectivity index (χ0) is 28.8. The third kappa shape index (κ3) is 4.99. The molecule has 4 N–H and O–H groups in total. The lowest BCUT2D eigenvalue weighted by molar-refractivity contribution is -0.178. The molecule has 3 unspecified atom stereocenters. The van der Waals surface area contributed by atoms with E-state index in [9.17, 15) is 37.3 Å². The number of carbonyl (C=O) groups excluding carboxylic acids is 1. The summed E-state index contributed by atoms with van der Waals surface area (Å²) in [4.78, 5) is 20.4. The fraction of sp³-hybridized carbons (Fsp3) is 0.370. The summed E-state index contributed by atoms with van der Waals surface area (Å²) in [6, 6.07) is 8.06. The molecule has 9 nitrogen and oxygen atoms in total. The van der Waals surface area contributed by atoms with Gasteiger partial charge in [-0.3, -0.25) is 4.79 Å². The number of amides is 1. The van der Waals surface area contributed by atoms with Crippen molar-refractivity contribution in [3.05, 3.63) is 82.9 Å². The van der Waals surface area contributed by atoms with Crippen molar-refractivity contribution in [2.24, 2.45) is 11.8 Å². The summed E-state index contributed by atoms with van der Waals surface area (Å²) in [6.07, 6.45) is 0.470. The van der Waals surface area contributed by atoms with E-state index in [0.29, 0.717) is 12.8 Å². The van der Waals surface area contributed by atoms with E-state index in [4.69, 9.17) is 11.6 Å². The van der Waals surface area contributed by atoms with E-state index < -0.39 is 62.3 Å². The highest BCUT2D eigenvalue weighted by molar-refractivity contribution is 7.92. The van der Waals surface area contributed by atoms with Crippen molar-refractivity contribution in [1.29, 1.82) is 0 Å². The lowest BCUT2D eigenvalue weighted by Crippen LogP contribution is -2.57. The molecule has 13 heteroatoms. The third-order valence-electron chi connectivity index (χ3n) is 8.01. The van der Waals surface area contributed by atoms with E-state index >= 15 is 0 Å². The number of carbonyl (C=O) groups is 1. The molecule has 40 heavy (non-hydrogen) atoms. The summed E-state index contributed by atoms with van der Waals surface area (Å²) in [5.74, 6) is -4.32. The van der Waals surface area contributed by atoms with Crippen molar-refractivity contribution in [2.45, 2.75) is 53.6 Å². The van der Waals surface area contributed by atoms with Gasteiger partial charge in [-0.05, 0) is 73.9 Å². The van der Waals surface area contributed by atoms with Gasteiger partial charge in [-0.2, -0.15) is 0 Å². The maximum atomic E-state index is 13.8. The molecule has 0 radical (unpaired) electrons. The zero-order valence-corrected chi connectivity index (χ0v) is 22.5. The molecular weight excluding hydrogens is 568 g/mol. The number of rotatable bonds is 7. The largest absolute Gasteiger partial charge is 0.387 e. The highest BCUT2D eigenvalue weighted by Gasteiger charge is 2.60. The molecule has 2 aliphatic carbocycles. The quantitative estimate of drug-likeness (QED) is 0.325. The Balaban J connectivity index is 1.37. The molecular formula is C27H26ClF2N3O6S. The van der Waals surface area contributed by atoms with Crippen LogP contribution in [0.25, 0.3) is 0 Å². The summed E-state index contributed by atoms with van der Waals surface area (Å²) >= 11 is 6.27. The van der Waals surface area contributed by atoms with Crippen LogP contribution in [0, 0.1) is 23.5 Å². The van der Waals surface area contributed by atoms with E-state index in [1.54, 1.807) is 6.07 Å². The van der Waals surface area contributed by atoms with Crippen molar-refractivity contribution in [2.75, 3.05) is 5.32 Å². The number of nitrogens with one attached hydrogen (secondary N) is 1. The van der Waals surface area contributed by atoms with E-state index in [0.717, 1.165) is 24.3 Å². The number of fused-ring (bicyclic) bond motifs is 2. The molecule has 5 rings (SSSR count). The molecule has 2 aliphatic rings. The molecule has 3 aromatic rings. The van der Waals surface area contributed by atoms with Crippen LogP contribution < -0.4 is 5.32 Å². The van der Waals surface area contributed by atoms with Gasteiger partial charge in [-0.1, -0.05) is 11.6 Å². The highest BCUT2D eigenvalue weighted by Crippen LogP contribution is 2.55. The average molecular weight is 594 g/mol. The first-order valence-electron chi connectivity index (χ1n) is 12.6. The maximum absolute atomic E-state index is 13.8. The van der Waals surface area contributed by atoms with Crippen LogP contribution in [0.1, 0.15) is 48.0 Å². The molecule has 1 aromatic heterocycles. The molecule has 2 bridgehead atoms. The molecule has 6 atom stereocenters. The number of aliphatic hydroxyl groups excluding tert-OH is 2. The first kappa shape index (κ1) is 28.5. The summed E-state index contributed by atoms with van der Waals surface area (Å²) in [5.41, 5.74) is -1.84. The van der Waals surface area contributed by atoms with Gasteiger partial charge in [0.25, 0.3) is 5.91 Å². The second-order valence-electron chi connectivity index (χ2n) is 10.2. The van der Waals surface area contributed by atoms with E-state index in [1.807, 2.05) is 0 Å². The first-order chi connectivity index (χ1) is 18.9. The van der Waals surface area contributed by atoms with Crippen molar-refractivity contribution < 1.29 is 37.3 Å². The number of nitrogens with zero attached hydrogens (tertiary/aromatic N) is 2. The second kappa shape index (κ2) is 10.7. The number of hydrogen-bond donors (Lipinski definition) is 4. The molecule has 212 valence electrons. The number of hydrogen-bond acceptors (Lipinski definition) is 8. The van der Waals surface area contributed by atoms with Crippen LogP contribution in [0.3, 0.4) is 0 Å². The lowest BCUT2D eigenvalue weighted by atomic mass is 9.69. The predicted octanol–water partition coefficient (Wildman–Crippen LogP) is 3.45. The maximum Gasteiger partial charge on any atom is 0.255 e. The molecule has 1 heterocycles. The minimum atomic E-state index is -4.11. The summed E-state index contributed by atoms with van der Waals surface area (Å²) in [5, 5.41) is 34.6. The van der Waals surface area contributed by atoms with Crippen LogP contribution in [-0.4, -0.2) is 56.6 Å². The predicted molar refractivity (Wildman–Crippen MR) is 140 cm³/mol. The molecule has 2 aromatic carbocycles. The molecule has 0 saturated heterocycles. The number of aromatic nitrogens is 2. The molecule has 1 amide bonds. The van der Waals surface area contributed by atoms with Gasteiger partial charge >= 0.3 is 0 Å². The van der Waals surface area contributed by atoms with Crippen molar-refractivity contribution in [3.63, 3.8) is 0 Å². The Bertz CT molecular complexity index is 1530. The highest BCUT2D eigenvalue weighted by atomic mass is 35.5. The molecule has 2 fully saturated rings. The first-order valence-corrected chi connectivity index (χ1v) is 14.5. The van der Waals surface area contributed by atoms with Gasteiger partial charge in [0.05, 0.1) is 20.8 Å². The minimum Gasteiger partial charge on any atom is -0.387 e. The Labute approximate surface area is 233 Å². The van der Waals surface area contributed by atoms with Crippen LogP contribution in [-0.2, 0) is 9.84 Å². The summed E-state index contributed by atoms with van der Waals surface area (Å²) in [7, 11) is -4.11. The number of aliphatic hydroxyl groups is 3. The van der Waals surface area contributed by atoms with Gasteiger partial charge in [0.15, 0.2) is 27.3 Å². The standard InChI is InChI=1S/C27H26ClF2N3O6S/c28-19-6-2-14(26(36)33-17-5-7-20(29)21(30)13-17)10-22(19)40(38,39)18-11-15-3-4-16(12-18)27(15,37)24(35)23(34)25-31-8-1-9-32-25/h1-2,5-10,13,15-16,18,23-24,34-35,37H,3-4,11-12H2,(H,33,36)/t15-,16?,18-,23?,24?,27-/m0/s1. The fourth-order valence-corrected chi connectivity index (χ4v) is 8.36. The number of anilines is 1. The van der Waals surface area contributed by atoms with Crippen LogP contribution in [0.5, 0.6) is 0 Å². The van der Waals surface area contributed by atoms with E-state index in [1.165, 1.54) is 24.5 Å². The Morgan fingerprint density at radius 3 is 2.30 bits per heavy atom. The molecule has 0 aliphatic heterocycles. The fourth-order valence-electron chi connectivity index (χ4n) is 5.96. The van der Waals surface area contributed by atoms with E-state index in [-0.39, 0.29) is 39.8 Å². The number of benzene rings is 2. The second-order valence-corrected chi connectivity index (χ2v) is 12.8. The normalized spacial score (nSPS) is 25.8. The average Bonchev–Trinajstić information content (AvgIpc) is 3.10. The molecule has 0 spiro atoms. The smallest absolute Gasteiger partial charge is 0.255 e. The van der Waals surface area contributed by atoms with Crippen LogP contribution >= 0.6 is 11.6 Å². The Kier molecular flexibility index (Phi) is 7.66. The van der Waals surface area contributed by atoms with Gasteiger partial charge in [0.1, 0.15) is 12.2 Å².